The van der Waals surface area contributed by atoms with E-state index in [9.17, 15) is 14.4 Å². The molecule has 3 aromatic carbocycles. The number of aromatic amines is 1. The Morgan fingerprint density at radius 1 is 0.864 bits per heavy atom. The number of carbonyl (C=O) groups excluding carboxylic acids is 1. The number of nitrogens with two attached hydrogens (primary N) is 2. The molecule has 0 aliphatic heterocycles. The van der Waals surface area contributed by atoms with Crippen LogP contribution >= 0.6 is 24.0 Å². The molecule has 0 aliphatic carbocycles. The number of rotatable bonds is 8. The van der Waals surface area contributed by atoms with Crippen molar-refractivity contribution < 1.29 is 4.79 Å². The molecule has 0 fully saturated rings. The van der Waals surface area contributed by atoms with Crippen LogP contribution in [0.1, 0.15) is 33.6 Å². The highest BCUT2D eigenvalue weighted by atomic mass is 32.2. The Bertz CT molecular complexity index is 1930. The number of hydrogen-bond acceptors (Lipinski definition) is 10. The molecule has 0 unspecified atom stereocenters. The molecule has 0 radical (unpaired) electrons. The lowest BCUT2D eigenvalue weighted by Crippen LogP contribution is -2.34. The van der Waals surface area contributed by atoms with Gasteiger partial charge in [-0.1, -0.05) is 90.1 Å². The molecule has 0 bridgehead atoms. The smallest absolute Gasteiger partial charge is 0.295 e. The van der Waals surface area contributed by atoms with E-state index in [1.807, 2.05) is 92.7 Å². The summed E-state index contributed by atoms with van der Waals surface area (Å²) in [6.45, 7) is 3.93. The predicted octanol–water partition coefficient (Wildman–Crippen LogP) is 2.90. The Morgan fingerprint density at radius 3 is 2.07 bits per heavy atom. The van der Waals surface area contributed by atoms with Crippen molar-refractivity contribution in [3.05, 3.63) is 138 Å². The summed E-state index contributed by atoms with van der Waals surface area (Å²) in [5, 5.41) is 17.5. The summed E-state index contributed by atoms with van der Waals surface area (Å²) in [7, 11) is 0. The van der Waals surface area contributed by atoms with Crippen LogP contribution in [0, 0.1) is 18.6 Å². The highest BCUT2D eigenvalue weighted by molar-refractivity contribution is 7.99. The molecule has 0 atom stereocenters. The van der Waals surface area contributed by atoms with Gasteiger partial charge in [-0.3, -0.25) is 19.5 Å². The van der Waals surface area contributed by atoms with Gasteiger partial charge in [-0.15, -0.1) is 10.2 Å². The van der Waals surface area contributed by atoms with E-state index in [4.69, 9.17) is 23.9 Å². The van der Waals surface area contributed by atoms with Crippen LogP contribution in [0.5, 0.6) is 0 Å². The zero-order chi connectivity index (χ0) is 31.6. The van der Waals surface area contributed by atoms with E-state index in [0.717, 1.165) is 49.1 Å². The first-order valence-corrected chi connectivity index (χ1v) is 14.8. The maximum Gasteiger partial charge on any atom is 0.295 e. The minimum absolute atomic E-state index is 0.0661. The van der Waals surface area contributed by atoms with Gasteiger partial charge in [0.1, 0.15) is 11.4 Å². The molecule has 0 aliphatic rings. The summed E-state index contributed by atoms with van der Waals surface area (Å²) in [6, 6.07) is 24.9. The predicted molar refractivity (Wildman–Crippen MR) is 174 cm³/mol. The number of nitrogens with zero attached hydrogens (tertiary/aromatic N) is 5. The fourth-order valence-corrected chi connectivity index (χ4v) is 4.82. The summed E-state index contributed by atoms with van der Waals surface area (Å²) in [5.74, 6) is 11.2. The Morgan fingerprint density at radius 2 is 1.45 bits per heavy atom. The van der Waals surface area contributed by atoms with Gasteiger partial charge in [0, 0.05) is 18.5 Å². The van der Waals surface area contributed by atoms with Crippen LogP contribution in [0.3, 0.4) is 0 Å². The molecule has 5 rings (SSSR count). The van der Waals surface area contributed by atoms with Crippen molar-refractivity contribution in [2.24, 2.45) is 0 Å². The number of aromatic nitrogens is 6. The minimum Gasteiger partial charge on any atom is -0.334 e. The number of thioether (sulfide) groups is 1. The molecule has 5 aromatic rings. The van der Waals surface area contributed by atoms with Crippen LogP contribution in [0.4, 0.5) is 5.69 Å². The zero-order valence-corrected chi connectivity index (χ0v) is 25.7. The number of nitrogens with one attached hydrogen (secondary N) is 2. The van der Waals surface area contributed by atoms with Gasteiger partial charge >= 0.3 is 0 Å². The molecule has 44 heavy (non-hydrogen) atoms. The number of H-pyrrole nitrogens is 1. The zero-order valence-electron chi connectivity index (χ0n) is 24.1. The van der Waals surface area contributed by atoms with Crippen molar-refractivity contribution in [2.45, 2.75) is 31.8 Å². The monoisotopic (exact) mass is 629 g/mol. The maximum atomic E-state index is 12.4. The molecule has 0 saturated carbocycles. The highest BCUT2D eigenvalue weighted by Crippen LogP contribution is 2.18. The third-order valence-electron chi connectivity index (χ3n) is 6.32. The maximum absolute atomic E-state index is 12.4. The number of anilines is 1. The normalized spacial score (nSPS) is 10.5. The topological polar surface area (TPSA) is 180 Å². The molecule has 14 heteroatoms. The van der Waals surface area contributed by atoms with Gasteiger partial charge in [0.2, 0.25) is 15.8 Å². The van der Waals surface area contributed by atoms with Crippen molar-refractivity contribution in [3.63, 3.8) is 0 Å². The van der Waals surface area contributed by atoms with Crippen molar-refractivity contribution >= 4 is 35.6 Å². The van der Waals surface area contributed by atoms with Crippen LogP contribution in [0.25, 0.3) is 0 Å². The summed E-state index contributed by atoms with van der Waals surface area (Å²) in [6.07, 6.45) is 0.783. The quantitative estimate of drug-likeness (QED) is 0.113. The average Bonchev–Trinajstić information content (AvgIpc) is 3.02. The fourth-order valence-electron chi connectivity index (χ4n) is 4.04. The van der Waals surface area contributed by atoms with Gasteiger partial charge in [0.15, 0.2) is 0 Å². The Kier molecular flexibility index (Phi) is 10.8. The molecule has 0 saturated heterocycles. The van der Waals surface area contributed by atoms with Crippen LogP contribution in [0.2, 0.25) is 0 Å². The van der Waals surface area contributed by atoms with Crippen LogP contribution in [0.15, 0.2) is 93.6 Å². The first kappa shape index (κ1) is 31.8. The third kappa shape index (κ3) is 8.49. The molecule has 226 valence electrons. The molecular formula is C30H31N9O3S2. The molecule has 1 amide bonds. The summed E-state index contributed by atoms with van der Waals surface area (Å²) in [5.41, 5.74) is 4.64. The van der Waals surface area contributed by atoms with E-state index < -0.39 is 5.56 Å². The lowest BCUT2D eigenvalue weighted by molar-refractivity contribution is -0.113. The van der Waals surface area contributed by atoms with Gasteiger partial charge in [-0.05, 0) is 48.8 Å². The molecule has 2 heterocycles. The molecule has 2 aromatic heterocycles. The Labute approximate surface area is 262 Å². The van der Waals surface area contributed by atoms with Crippen LogP contribution in [-0.4, -0.2) is 41.4 Å². The number of aryl methyl sites for hydroxylation is 2. The third-order valence-corrected chi connectivity index (χ3v) is 7.55. The first-order chi connectivity index (χ1) is 21.1. The van der Waals surface area contributed by atoms with Crippen LogP contribution < -0.4 is 28.1 Å². The number of carbonyl (C=O) groups is 1. The minimum atomic E-state index is -0.420. The Hall–Kier alpha value is -5.08. The number of hydrogen-bond donors (Lipinski definition) is 4. The standard InChI is InChI=1S/C20H21N5O2S.C10H10N4OS/c1-13-8-9-16(14(2)10-13)22-18(26)12-28-20-24-23-17(19(27)25(20)21)11-15-6-4-3-5-7-15;11-14-9(15)8(12-13-10(14)16)6-7-4-2-1-3-5-7/h3-10H,11-12,21H2,1-2H3,(H,22,26);1-5H,6,11H2,(H,13,16). The molecule has 6 N–H and O–H groups in total. The van der Waals surface area contributed by atoms with Gasteiger partial charge in [-0.25, -0.2) is 0 Å². The van der Waals surface area contributed by atoms with Gasteiger partial charge in [0.25, 0.3) is 11.1 Å². The summed E-state index contributed by atoms with van der Waals surface area (Å²) < 4.78 is 1.95. The highest BCUT2D eigenvalue weighted by Gasteiger charge is 2.14. The second-order valence-electron chi connectivity index (χ2n) is 9.74. The molecule has 12 nitrogen and oxygen atoms in total. The van der Waals surface area contributed by atoms with Crippen molar-refractivity contribution in [1.82, 2.24) is 29.7 Å². The van der Waals surface area contributed by atoms with E-state index in [1.54, 1.807) is 0 Å². The summed E-state index contributed by atoms with van der Waals surface area (Å²) >= 11 is 5.85. The summed E-state index contributed by atoms with van der Waals surface area (Å²) in [4.78, 5) is 36.3. The van der Waals surface area contributed by atoms with E-state index in [1.165, 1.54) is 0 Å². The Balaban J connectivity index is 0.000000233. The SMILES string of the molecule is Cc1ccc(NC(=O)CSc2nnc(Cc3ccccc3)c(=O)n2N)c(C)c1.Nn1c(=S)[nH]nc(Cc2ccccc2)c1=O. The van der Waals surface area contributed by atoms with Crippen molar-refractivity contribution in [1.29, 1.82) is 0 Å². The first-order valence-electron chi connectivity index (χ1n) is 13.4. The number of benzene rings is 3. The van der Waals surface area contributed by atoms with E-state index >= 15 is 0 Å². The molecule has 0 spiro atoms. The second-order valence-corrected chi connectivity index (χ2v) is 11.1. The van der Waals surface area contributed by atoms with Crippen molar-refractivity contribution in [2.75, 3.05) is 22.8 Å². The van der Waals surface area contributed by atoms with E-state index in [2.05, 4.69) is 25.7 Å². The number of nitrogen functional groups attached to an aromatic ring is 2. The average molecular weight is 630 g/mol. The lowest BCUT2D eigenvalue weighted by atomic mass is 10.1. The van der Waals surface area contributed by atoms with Crippen molar-refractivity contribution in [3.8, 4) is 0 Å². The molecular weight excluding hydrogens is 599 g/mol. The largest absolute Gasteiger partial charge is 0.334 e. The lowest BCUT2D eigenvalue weighted by Gasteiger charge is -2.10. The van der Waals surface area contributed by atoms with E-state index in [0.29, 0.717) is 18.5 Å². The fraction of sp³-hybridized carbons (Fsp3) is 0.167. The van der Waals surface area contributed by atoms with Gasteiger partial charge < -0.3 is 17.0 Å². The van der Waals surface area contributed by atoms with E-state index in [-0.39, 0.29) is 32.8 Å². The van der Waals surface area contributed by atoms with Gasteiger partial charge in [0.05, 0.1) is 5.75 Å². The second kappa shape index (κ2) is 14.9. The number of amides is 1. The van der Waals surface area contributed by atoms with Gasteiger partial charge in [-0.2, -0.15) is 14.5 Å². The van der Waals surface area contributed by atoms with Crippen LogP contribution in [-0.2, 0) is 17.6 Å².